The lowest BCUT2D eigenvalue weighted by Gasteiger charge is -2.36. The third kappa shape index (κ3) is 6.12. The quantitative estimate of drug-likeness (QED) is 0.198. The molecule has 4 rings (SSSR count). The zero-order valence-corrected chi connectivity index (χ0v) is 25.9. The number of hydrogen-bond acceptors (Lipinski definition) is 4. The van der Waals surface area contributed by atoms with E-state index in [4.69, 9.17) is 4.43 Å². The van der Waals surface area contributed by atoms with Crippen LogP contribution in [0.15, 0.2) is 59.4 Å². The molecular weight excluding hydrogens is 563 g/mol. The van der Waals surface area contributed by atoms with Crippen LogP contribution in [0.4, 0.5) is 13.2 Å². The van der Waals surface area contributed by atoms with E-state index in [1.165, 1.54) is 18.4 Å². The maximum absolute atomic E-state index is 14.0. The van der Waals surface area contributed by atoms with E-state index in [1.54, 1.807) is 30.3 Å². The highest BCUT2D eigenvalue weighted by Gasteiger charge is 2.45. The number of amides is 1. The van der Waals surface area contributed by atoms with E-state index in [0.29, 0.717) is 27.9 Å². The fraction of sp³-hybridized carbons (Fsp3) is 0.419. The van der Waals surface area contributed by atoms with Gasteiger partial charge in [-0.1, -0.05) is 77.1 Å². The first kappa shape index (κ1) is 31.4. The van der Waals surface area contributed by atoms with Gasteiger partial charge in [0.05, 0.1) is 17.3 Å². The lowest BCUT2D eigenvalue weighted by Crippen LogP contribution is -2.53. The minimum absolute atomic E-state index is 0.0602. The van der Waals surface area contributed by atoms with E-state index in [9.17, 15) is 27.9 Å². The Bertz CT molecular complexity index is 1650. The van der Waals surface area contributed by atoms with Gasteiger partial charge in [0.2, 0.25) is 5.91 Å². The Morgan fingerprint density at radius 2 is 1.67 bits per heavy atom. The Labute approximate surface area is 243 Å². The highest BCUT2D eigenvalue weighted by Crippen LogP contribution is 2.40. The summed E-state index contributed by atoms with van der Waals surface area (Å²) in [4.78, 5) is 30.3. The second kappa shape index (κ2) is 11.3. The summed E-state index contributed by atoms with van der Waals surface area (Å²) in [6.45, 7) is 13.1. The molecule has 4 aromatic rings. The zero-order valence-electron chi connectivity index (χ0n) is 24.9. The largest absolute Gasteiger partial charge is 0.542 e. The van der Waals surface area contributed by atoms with Crippen molar-refractivity contribution in [1.82, 2.24) is 14.9 Å². The van der Waals surface area contributed by atoms with Crippen molar-refractivity contribution in [2.24, 2.45) is 5.92 Å². The Hall–Kier alpha value is -3.57. The van der Waals surface area contributed by atoms with Crippen LogP contribution in [0.2, 0.25) is 18.1 Å². The van der Waals surface area contributed by atoms with Crippen molar-refractivity contribution in [2.45, 2.75) is 77.6 Å². The van der Waals surface area contributed by atoms with Gasteiger partial charge in [0, 0.05) is 10.8 Å². The number of nitrogens with one attached hydrogen (secondary N) is 2. The molecule has 0 radical (unpaired) electrons. The standard InChI is InChI=1S/C31H38F3N3O4Si/c1-18(2)25(28(39)31(32,33)34)35-24(38)17-37-22(19-12-9-8-10-13-19)16-21-20-14-11-15-23(26(20)36-27(21)29(37)40)41-42(6,7)30(3,4)5/h8-16,18,25,28,36,39H,17H2,1-7H3,(H,35,38). The minimum Gasteiger partial charge on any atom is -0.542 e. The average molecular weight is 602 g/mol. The van der Waals surface area contributed by atoms with Crippen LogP contribution in [0, 0.1) is 5.92 Å². The summed E-state index contributed by atoms with van der Waals surface area (Å²) in [5.41, 5.74) is 1.48. The fourth-order valence-electron chi connectivity index (χ4n) is 4.70. The topological polar surface area (TPSA) is 96.4 Å². The second-order valence-electron chi connectivity index (χ2n) is 12.6. The Kier molecular flexibility index (Phi) is 8.40. The SMILES string of the molecule is CC(C)C(NC(=O)Cn1c(-c2ccccc2)cc2c([nH]c3c(O[Si](C)(C)C(C)(C)C)cccc32)c1=O)C(O)C(F)(F)F. The molecule has 0 bridgehead atoms. The smallest absolute Gasteiger partial charge is 0.416 e. The van der Waals surface area contributed by atoms with Crippen LogP contribution in [-0.4, -0.2) is 47.2 Å². The number of pyridine rings is 1. The van der Waals surface area contributed by atoms with Crippen LogP contribution >= 0.6 is 0 Å². The van der Waals surface area contributed by atoms with E-state index in [0.717, 1.165) is 5.39 Å². The number of para-hydroxylation sites is 1. The lowest BCUT2D eigenvalue weighted by atomic mass is 9.98. The molecule has 226 valence electrons. The van der Waals surface area contributed by atoms with Crippen molar-refractivity contribution in [2.75, 3.05) is 0 Å². The molecule has 3 N–H and O–H groups in total. The van der Waals surface area contributed by atoms with Crippen LogP contribution in [0.5, 0.6) is 5.75 Å². The highest BCUT2D eigenvalue weighted by molar-refractivity contribution is 6.74. The van der Waals surface area contributed by atoms with Crippen molar-refractivity contribution in [3.8, 4) is 17.0 Å². The van der Waals surface area contributed by atoms with Crippen molar-refractivity contribution >= 4 is 36.0 Å². The molecule has 1 amide bonds. The minimum atomic E-state index is -4.91. The first-order valence-corrected chi connectivity index (χ1v) is 16.8. The normalized spacial score (nSPS) is 14.4. The Morgan fingerprint density at radius 3 is 2.24 bits per heavy atom. The molecule has 2 unspecified atom stereocenters. The number of halogens is 3. The van der Waals surface area contributed by atoms with Gasteiger partial charge < -0.3 is 19.8 Å². The molecule has 0 aliphatic carbocycles. The number of aliphatic hydroxyl groups is 1. The molecule has 2 aromatic heterocycles. The molecule has 2 aromatic carbocycles. The van der Waals surface area contributed by atoms with Gasteiger partial charge in [-0.25, -0.2) is 0 Å². The summed E-state index contributed by atoms with van der Waals surface area (Å²) in [7, 11) is -2.23. The van der Waals surface area contributed by atoms with Crippen LogP contribution in [0.25, 0.3) is 33.1 Å². The van der Waals surface area contributed by atoms with Crippen molar-refractivity contribution in [3.05, 3.63) is 65.0 Å². The van der Waals surface area contributed by atoms with E-state index in [-0.39, 0.29) is 10.6 Å². The number of aromatic amines is 1. The number of hydrogen-bond donors (Lipinski definition) is 3. The summed E-state index contributed by atoms with van der Waals surface area (Å²) < 4.78 is 47.7. The maximum Gasteiger partial charge on any atom is 0.416 e. The molecule has 0 saturated heterocycles. The monoisotopic (exact) mass is 601 g/mol. The molecule has 0 aliphatic heterocycles. The molecule has 11 heteroatoms. The molecule has 0 spiro atoms. The van der Waals surface area contributed by atoms with Gasteiger partial charge in [0.25, 0.3) is 13.9 Å². The Balaban J connectivity index is 1.86. The Morgan fingerprint density at radius 1 is 1.02 bits per heavy atom. The number of benzene rings is 2. The molecule has 7 nitrogen and oxygen atoms in total. The third-order valence-corrected chi connectivity index (χ3v) is 12.5. The van der Waals surface area contributed by atoms with E-state index in [1.807, 2.05) is 24.3 Å². The number of aliphatic hydroxyl groups excluding tert-OH is 1. The maximum atomic E-state index is 14.0. The summed E-state index contributed by atoms with van der Waals surface area (Å²) in [6, 6.07) is 14.8. The van der Waals surface area contributed by atoms with Crippen molar-refractivity contribution < 1.29 is 27.5 Å². The molecule has 0 aliphatic rings. The number of H-pyrrole nitrogens is 1. The van der Waals surface area contributed by atoms with Gasteiger partial charge in [0.15, 0.2) is 6.10 Å². The molecule has 2 atom stereocenters. The number of fused-ring (bicyclic) bond motifs is 3. The van der Waals surface area contributed by atoms with Gasteiger partial charge in [0.1, 0.15) is 17.8 Å². The predicted octanol–water partition coefficient (Wildman–Crippen LogP) is 6.60. The van der Waals surface area contributed by atoms with Crippen molar-refractivity contribution in [1.29, 1.82) is 0 Å². The van der Waals surface area contributed by atoms with Gasteiger partial charge in [-0.2, -0.15) is 13.2 Å². The average Bonchev–Trinajstić information content (AvgIpc) is 3.27. The van der Waals surface area contributed by atoms with Gasteiger partial charge >= 0.3 is 6.18 Å². The predicted molar refractivity (Wildman–Crippen MR) is 162 cm³/mol. The molecule has 0 fully saturated rings. The van der Waals surface area contributed by atoms with Crippen LogP contribution < -0.4 is 15.3 Å². The van der Waals surface area contributed by atoms with E-state index < -0.39 is 50.6 Å². The van der Waals surface area contributed by atoms with Gasteiger partial charge in [-0.15, -0.1) is 0 Å². The second-order valence-corrected chi connectivity index (χ2v) is 17.3. The number of rotatable bonds is 8. The summed E-state index contributed by atoms with van der Waals surface area (Å²) >= 11 is 0. The van der Waals surface area contributed by atoms with E-state index in [2.05, 4.69) is 44.2 Å². The first-order chi connectivity index (χ1) is 19.4. The fourth-order valence-corrected chi connectivity index (χ4v) is 5.72. The summed E-state index contributed by atoms with van der Waals surface area (Å²) in [5.74, 6) is -0.916. The number of nitrogens with zero attached hydrogens (tertiary/aromatic N) is 1. The highest BCUT2D eigenvalue weighted by atomic mass is 28.4. The van der Waals surface area contributed by atoms with Crippen LogP contribution in [0.3, 0.4) is 0 Å². The molecule has 0 saturated carbocycles. The first-order valence-electron chi connectivity index (χ1n) is 13.9. The van der Waals surface area contributed by atoms with Crippen molar-refractivity contribution in [3.63, 3.8) is 0 Å². The number of alkyl halides is 3. The number of carbonyl (C=O) groups is 1. The van der Waals surface area contributed by atoms with Crippen LogP contribution in [0.1, 0.15) is 34.6 Å². The van der Waals surface area contributed by atoms with E-state index >= 15 is 0 Å². The lowest BCUT2D eigenvalue weighted by molar-refractivity contribution is -0.215. The molecule has 2 heterocycles. The van der Waals surface area contributed by atoms with Crippen LogP contribution in [-0.2, 0) is 11.3 Å². The number of carbonyl (C=O) groups excluding carboxylic acids is 1. The molecule has 42 heavy (non-hydrogen) atoms. The van der Waals surface area contributed by atoms with Gasteiger partial charge in [-0.05, 0) is 41.7 Å². The summed E-state index contributed by atoms with van der Waals surface area (Å²) in [5, 5.41) is 13.5. The molecular formula is C31H38F3N3O4Si. The zero-order chi connectivity index (χ0) is 31.2. The summed E-state index contributed by atoms with van der Waals surface area (Å²) in [6.07, 6.45) is -7.66. The third-order valence-electron chi connectivity index (χ3n) is 8.13. The van der Waals surface area contributed by atoms with Gasteiger partial charge in [-0.3, -0.25) is 14.2 Å². The number of aromatic nitrogens is 2.